The smallest absolute Gasteiger partial charge is 0.107 e. The van der Waals surface area contributed by atoms with Crippen LogP contribution in [-0.2, 0) is 13.0 Å². The average molecular weight is 361 g/mol. The van der Waals surface area contributed by atoms with Crippen LogP contribution in [0.25, 0.3) is 0 Å². The SMILES string of the molecule is OCCCc1cccc(NCc2cc(Br)c(Cl)s2)c1. The lowest BCUT2D eigenvalue weighted by atomic mass is 10.1. The highest BCUT2D eigenvalue weighted by atomic mass is 79.9. The van der Waals surface area contributed by atoms with E-state index in [2.05, 4.69) is 33.4 Å². The zero-order valence-electron chi connectivity index (χ0n) is 10.3. The Balaban J connectivity index is 1.95. The van der Waals surface area contributed by atoms with Crippen LogP contribution in [-0.4, -0.2) is 11.7 Å². The molecule has 0 atom stereocenters. The van der Waals surface area contributed by atoms with Crippen molar-refractivity contribution in [3.63, 3.8) is 0 Å². The molecule has 102 valence electrons. The van der Waals surface area contributed by atoms with Crippen molar-refractivity contribution in [2.24, 2.45) is 0 Å². The summed E-state index contributed by atoms with van der Waals surface area (Å²) in [6.45, 7) is 0.999. The van der Waals surface area contributed by atoms with Crippen molar-refractivity contribution in [2.45, 2.75) is 19.4 Å². The van der Waals surface area contributed by atoms with Crippen molar-refractivity contribution in [2.75, 3.05) is 11.9 Å². The van der Waals surface area contributed by atoms with Gasteiger partial charge in [-0.3, -0.25) is 0 Å². The highest BCUT2D eigenvalue weighted by Crippen LogP contribution is 2.32. The number of anilines is 1. The number of nitrogens with one attached hydrogen (secondary N) is 1. The summed E-state index contributed by atoms with van der Waals surface area (Å²) in [7, 11) is 0. The topological polar surface area (TPSA) is 32.3 Å². The van der Waals surface area contributed by atoms with Gasteiger partial charge < -0.3 is 10.4 Å². The zero-order valence-corrected chi connectivity index (χ0v) is 13.5. The first-order chi connectivity index (χ1) is 9.19. The molecule has 1 heterocycles. The molecule has 2 rings (SSSR count). The van der Waals surface area contributed by atoms with E-state index in [1.807, 2.05) is 18.2 Å². The Hall–Kier alpha value is -0.550. The fourth-order valence-electron chi connectivity index (χ4n) is 1.79. The van der Waals surface area contributed by atoms with E-state index in [4.69, 9.17) is 16.7 Å². The van der Waals surface area contributed by atoms with Crippen molar-refractivity contribution in [3.05, 3.63) is 49.6 Å². The van der Waals surface area contributed by atoms with E-state index >= 15 is 0 Å². The second-order valence-electron chi connectivity index (χ2n) is 4.22. The number of aliphatic hydroxyl groups is 1. The van der Waals surface area contributed by atoms with Gasteiger partial charge in [0.1, 0.15) is 4.34 Å². The zero-order chi connectivity index (χ0) is 13.7. The first-order valence-corrected chi connectivity index (χ1v) is 8.05. The highest BCUT2D eigenvalue weighted by molar-refractivity contribution is 9.10. The summed E-state index contributed by atoms with van der Waals surface area (Å²) in [4.78, 5) is 1.19. The minimum absolute atomic E-state index is 0.235. The molecule has 0 saturated heterocycles. The van der Waals surface area contributed by atoms with Crippen molar-refractivity contribution in [1.29, 1.82) is 0 Å². The van der Waals surface area contributed by atoms with Crippen LogP contribution in [0.4, 0.5) is 5.69 Å². The highest BCUT2D eigenvalue weighted by Gasteiger charge is 2.04. The van der Waals surface area contributed by atoms with E-state index in [1.165, 1.54) is 10.4 Å². The molecule has 0 fully saturated rings. The maximum Gasteiger partial charge on any atom is 0.107 e. The van der Waals surface area contributed by atoms with Crippen LogP contribution in [0, 0.1) is 0 Å². The Bertz CT molecular complexity index is 524. The Kier molecular flexibility index (Phi) is 5.70. The van der Waals surface area contributed by atoms with Crippen LogP contribution in [0.3, 0.4) is 0 Å². The summed E-state index contributed by atoms with van der Waals surface area (Å²) in [5.74, 6) is 0. The van der Waals surface area contributed by atoms with Gasteiger partial charge in [0.2, 0.25) is 0 Å². The molecule has 0 radical (unpaired) electrons. The number of benzene rings is 1. The molecule has 0 aliphatic carbocycles. The minimum Gasteiger partial charge on any atom is -0.396 e. The van der Waals surface area contributed by atoms with Crippen LogP contribution in [0.2, 0.25) is 4.34 Å². The third kappa shape index (κ3) is 4.49. The van der Waals surface area contributed by atoms with Crippen molar-refractivity contribution >= 4 is 44.6 Å². The van der Waals surface area contributed by atoms with Crippen LogP contribution in [0.5, 0.6) is 0 Å². The van der Waals surface area contributed by atoms with Gasteiger partial charge in [0.05, 0.1) is 0 Å². The second-order valence-corrected chi connectivity index (χ2v) is 6.81. The largest absolute Gasteiger partial charge is 0.396 e. The van der Waals surface area contributed by atoms with Gasteiger partial charge in [-0.05, 0) is 52.5 Å². The van der Waals surface area contributed by atoms with Crippen molar-refractivity contribution < 1.29 is 5.11 Å². The van der Waals surface area contributed by atoms with Gasteiger partial charge in [0, 0.05) is 28.2 Å². The van der Waals surface area contributed by atoms with Gasteiger partial charge in [0.25, 0.3) is 0 Å². The molecule has 19 heavy (non-hydrogen) atoms. The lowest BCUT2D eigenvalue weighted by Crippen LogP contribution is -1.98. The maximum absolute atomic E-state index is 8.85. The molecule has 0 spiro atoms. The van der Waals surface area contributed by atoms with Gasteiger partial charge in [-0.15, -0.1) is 11.3 Å². The second kappa shape index (κ2) is 7.29. The molecular weight excluding hydrogens is 346 g/mol. The summed E-state index contributed by atoms with van der Waals surface area (Å²) >= 11 is 11.0. The Labute approximate surface area is 130 Å². The molecule has 1 aromatic carbocycles. The van der Waals surface area contributed by atoms with Crippen LogP contribution in [0.1, 0.15) is 16.9 Å². The molecule has 0 saturated carbocycles. The normalized spacial score (nSPS) is 10.7. The van der Waals surface area contributed by atoms with Gasteiger partial charge in [-0.2, -0.15) is 0 Å². The Morgan fingerprint density at radius 1 is 1.32 bits per heavy atom. The quantitative estimate of drug-likeness (QED) is 0.782. The summed E-state index contributed by atoms with van der Waals surface area (Å²) in [6.07, 6.45) is 1.71. The minimum atomic E-state index is 0.235. The lowest BCUT2D eigenvalue weighted by Gasteiger charge is -2.07. The average Bonchev–Trinajstić information content (AvgIpc) is 2.74. The van der Waals surface area contributed by atoms with Crippen molar-refractivity contribution in [1.82, 2.24) is 0 Å². The number of hydrogen-bond donors (Lipinski definition) is 2. The van der Waals surface area contributed by atoms with Crippen LogP contribution >= 0.6 is 38.9 Å². The van der Waals surface area contributed by atoms with Gasteiger partial charge in [-0.1, -0.05) is 23.7 Å². The number of hydrogen-bond acceptors (Lipinski definition) is 3. The number of thiophene rings is 1. The first kappa shape index (κ1) is 14.9. The molecule has 1 aromatic heterocycles. The molecule has 5 heteroatoms. The molecule has 0 aliphatic heterocycles. The molecule has 0 amide bonds. The van der Waals surface area contributed by atoms with Gasteiger partial charge in [0.15, 0.2) is 0 Å². The van der Waals surface area contributed by atoms with E-state index in [-0.39, 0.29) is 6.61 Å². The number of aryl methyl sites for hydroxylation is 1. The van der Waals surface area contributed by atoms with Crippen LogP contribution < -0.4 is 5.32 Å². The maximum atomic E-state index is 8.85. The molecule has 0 bridgehead atoms. The van der Waals surface area contributed by atoms with E-state index in [0.717, 1.165) is 33.9 Å². The summed E-state index contributed by atoms with van der Waals surface area (Å²) in [5.41, 5.74) is 2.33. The molecule has 0 aliphatic rings. The number of aliphatic hydroxyl groups excluding tert-OH is 1. The lowest BCUT2D eigenvalue weighted by molar-refractivity contribution is 0.288. The number of halogens is 2. The van der Waals surface area contributed by atoms with E-state index in [9.17, 15) is 0 Å². The van der Waals surface area contributed by atoms with E-state index in [1.54, 1.807) is 11.3 Å². The Morgan fingerprint density at radius 2 is 2.16 bits per heavy atom. The summed E-state index contributed by atoms with van der Waals surface area (Å²) in [5, 5.41) is 12.2. The third-order valence-corrected chi connectivity index (χ3v) is 5.19. The monoisotopic (exact) mass is 359 g/mol. The van der Waals surface area contributed by atoms with Crippen LogP contribution in [0.15, 0.2) is 34.8 Å². The predicted molar refractivity (Wildman–Crippen MR) is 86.2 cm³/mol. The predicted octanol–water partition coefficient (Wildman–Crippen LogP) is 4.70. The summed E-state index contributed by atoms with van der Waals surface area (Å²) < 4.78 is 1.74. The van der Waals surface area contributed by atoms with Gasteiger partial charge in [-0.25, -0.2) is 0 Å². The molecule has 2 nitrogen and oxygen atoms in total. The number of rotatable bonds is 6. The molecule has 0 unspecified atom stereocenters. The fraction of sp³-hybridized carbons (Fsp3) is 0.286. The third-order valence-electron chi connectivity index (χ3n) is 2.71. The standard InChI is InChI=1S/C14H15BrClNOS/c15-13-8-12(19-14(13)16)9-17-11-5-1-3-10(7-11)4-2-6-18/h1,3,5,7-8,17-18H,2,4,6,9H2. The first-order valence-electron chi connectivity index (χ1n) is 6.06. The van der Waals surface area contributed by atoms with E-state index in [0.29, 0.717) is 0 Å². The molecular formula is C14H15BrClNOS. The van der Waals surface area contributed by atoms with E-state index < -0.39 is 0 Å². The van der Waals surface area contributed by atoms with Gasteiger partial charge >= 0.3 is 0 Å². The molecule has 2 aromatic rings. The Morgan fingerprint density at radius 3 is 2.84 bits per heavy atom. The van der Waals surface area contributed by atoms with Crippen molar-refractivity contribution in [3.8, 4) is 0 Å². The molecule has 2 N–H and O–H groups in total. The summed E-state index contributed by atoms with van der Waals surface area (Å²) in [6, 6.07) is 10.3. The fourth-order valence-corrected chi connectivity index (χ4v) is 3.52.